The van der Waals surface area contributed by atoms with Crippen molar-refractivity contribution in [3.05, 3.63) is 0 Å². The predicted octanol–water partition coefficient (Wildman–Crippen LogP) is 5.83. The molecular formula is C16H29I. The molecule has 2 saturated carbocycles. The van der Waals surface area contributed by atoms with E-state index in [0.29, 0.717) is 3.42 Å². The quantitative estimate of drug-likeness (QED) is 0.435. The van der Waals surface area contributed by atoms with Gasteiger partial charge in [0.1, 0.15) is 0 Å². The molecule has 17 heavy (non-hydrogen) atoms. The Bertz CT molecular complexity index is 206. The van der Waals surface area contributed by atoms with Crippen LogP contribution in [-0.4, -0.2) is 3.42 Å². The standard InChI is InChI=1S/C16H29I/c1-12-4-8-14(9-5-12)16(3,17)15-10-6-13(2)7-11-15/h12-15H,4-11H2,1-3H3. The van der Waals surface area contributed by atoms with Gasteiger partial charge in [-0.15, -0.1) is 0 Å². The van der Waals surface area contributed by atoms with Crippen molar-refractivity contribution in [2.24, 2.45) is 23.7 Å². The lowest BCUT2D eigenvalue weighted by atomic mass is 9.68. The third-order valence-electron chi connectivity index (χ3n) is 5.63. The Kier molecular flexibility index (Phi) is 4.82. The first-order valence-electron chi connectivity index (χ1n) is 7.69. The lowest BCUT2D eigenvalue weighted by Gasteiger charge is -2.44. The van der Waals surface area contributed by atoms with Crippen LogP contribution >= 0.6 is 22.6 Å². The van der Waals surface area contributed by atoms with Crippen molar-refractivity contribution in [3.63, 3.8) is 0 Å². The van der Waals surface area contributed by atoms with Crippen LogP contribution in [0.3, 0.4) is 0 Å². The van der Waals surface area contributed by atoms with Crippen molar-refractivity contribution < 1.29 is 0 Å². The molecule has 0 radical (unpaired) electrons. The van der Waals surface area contributed by atoms with Crippen LogP contribution in [0.5, 0.6) is 0 Å². The normalized spacial score (nSPS) is 43.1. The lowest BCUT2D eigenvalue weighted by molar-refractivity contribution is 0.166. The molecule has 0 unspecified atom stereocenters. The third kappa shape index (κ3) is 3.39. The van der Waals surface area contributed by atoms with E-state index < -0.39 is 0 Å². The van der Waals surface area contributed by atoms with Gasteiger partial charge in [0, 0.05) is 3.42 Å². The highest BCUT2D eigenvalue weighted by atomic mass is 127. The summed E-state index contributed by atoms with van der Waals surface area (Å²) in [5.74, 6) is 3.98. The molecule has 2 aliphatic rings. The zero-order valence-corrected chi connectivity index (χ0v) is 14.0. The van der Waals surface area contributed by atoms with E-state index in [0.717, 1.165) is 23.7 Å². The Morgan fingerprint density at radius 1 is 0.706 bits per heavy atom. The van der Waals surface area contributed by atoms with E-state index in [1.54, 1.807) is 0 Å². The van der Waals surface area contributed by atoms with Gasteiger partial charge in [-0.2, -0.15) is 0 Å². The SMILES string of the molecule is CC1CCC(C(C)(I)C2CCC(C)CC2)CC1. The number of alkyl halides is 1. The van der Waals surface area contributed by atoms with E-state index >= 15 is 0 Å². The smallest absolute Gasteiger partial charge is 0.0250 e. The van der Waals surface area contributed by atoms with Crippen LogP contribution in [-0.2, 0) is 0 Å². The molecule has 0 nitrogen and oxygen atoms in total. The minimum absolute atomic E-state index is 0.581. The number of hydrogen-bond donors (Lipinski definition) is 0. The summed E-state index contributed by atoms with van der Waals surface area (Å²) in [7, 11) is 0. The maximum absolute atomic E-state index is 2.83. The van der Waals surface area contributed by atoms with Gasteiger partial charge >= 0.3 is 0 Å². The lowest BCUT2D eigenvalue weighted by Crippen LogP contribution is -2.40. The molecule has 2 aliphatic carbocycles. The molecule has 0 aliphatic heterocycles. The van der Waals surface area contributed by atoms with Gasteiger partial charge in [-0.25, -0.2) is 0 Å². The fourth-order valence-corrected chi connectivity index (χ4v) is 5.23. The van der Waals surface area contributed by atoms with Gasteiger partial charge in [0.2, 0.25) is 0 Å². The van der Waals surface area contributed by atoms with Crippen LogP contribution in [0.15, 0.2) is 0 Å². The summed E-state index contributed by atoms with van der Waals surface area (Å²) in [5, 5.41) is 0. The Hall–Kier alpha value is 0.730. The monoisotopic (exact) mass is 348 g/mol. The highest BCUT2D eigenvalue weighted by molar-refractivity contribution is 14.1. The summed E-state index contributed by atoms with van der Waals surface area (Å²) in [6, 6.07) is 0. The number of rotatable bonds is 2. The topological polar surface area (TPSA) is 0 Å². The second-order valence-electron chi connectivity index (χ2n) is 7.06. The Morgan fingerprint density at radius 2 is 1.00 bits per heavy atom. The van der Waals surface area contributed by atoms with Crippen molar-refractivity contribution in [1.29, 1.82) is 0 Å². The fourth-order valence-electron chi connectivity index (χ4n) is 3.98. The van der Waals surface area contributed by atoms with Gasteiger partial charge < -0.3 is 0 Å². The molecule has 1 heteroatoms. The molecule has 0 bridgehead atoms. The molecule has 0 aromatic rings. The van der Waals surface area contributed by atoms with E-state index in [1.165, 1.54) is 51.4 Å². The molecule has 100 valence electrons. The van der Waals surface area contributed by atoms with E-state index in [9.17, 15) is 0 Å². The minimum atomic E-state index is 0.581. The molecule has 0 aromatic carbocycles. The van der Waals surface area contributed by atoms with Crippen LogP contribution < -0.4 is 0 Å². The van der Waals surface area contributed by atoms with E-state index in [4.69, 9.17) is 0 Å². The first-order valence-corrected chi connectivity index (χ1v) is 8.77. The summed E-state index contributed by atoms with van der Waals surface area (Å²) in [6.07, 6.45) is 11.9. The van der Waals surface area contributed by atoms with Crippen molar-refractivity contribution in [3.8, 4) is 0 Å². The molecule has 0 aromatic heterocycles. The largest absolute Gasteiger partial charge is 0.0786 e. The molecule has 0 heterocycles. The number of hydrogen-bond acceptors (Lipinski definition) is 0. The molecule has 0 atom stereocenters. The fraction of sp³-hybridized carbons (Fsp3) is 1.00. The summed E-state index contributed by atoms with van der Waals surface area (Å²) >= 11 is 2.83. The highest BCUT2D eigenvalue weighted by Gasteiger charge is 2.40. The average Bonchev–Trinajstić information content (AvgIpc) is 2.30. The summed E-state index contributed by atoms with van der Waals surface area (Å²) in [6.45, 7) is 7.43. The second kappa shape index (κ2) is 5.79. The van der Waals surface area contributed by atoms with E-state index in [-0.39, 0.29) is 0 Å². The second-order valence-corrected chi connectivity index (χ2v) is 9.39. The van der Waals surface area contributed by atoms with Crippen molar-refractivity contribution in [1.82, 2.24) is 0 Å². The van der Waals surface area contributed by atoms with Gasteiger partial charge in [-0.3, -0.25) is 0 Å². The van der Waals surface area contributed by atoms with Crippen LogP contribution in [0.2, 0.25) is 0 Å². The maximum Gasteiger partial charge on any atom is 0.0250 e. The average molecular weight is 348 g/mol. The molecule has 0 N–H and O–H groups in total. The highest BCUT2D eigenvalue weighted by Crippen LogP contribution is 2.49. The summed E-state index contributed by atoms with van der Waals surface area (Å²) in [5.41, 5.74) is 0. The number of halogens is 1. The first kappa shape index (κ1) is 14.1. The van der Waals surface area contributed by atoms with Crippen molar-refractivity contribution >= 4 is 22.6 Å². The Labute approximate surface area is 121 Å². The molecule has 0 amide bonds. The Morgan fingerprint density at radius 3 is 1.29 bits per heavy atom. The van der Waals surface area contributed by atoms with Gasteiger partial charge in [-0.05, 0) is 49.4 Å². The molecule has 0 saturated heterocycles. The maximum atomic E-state index is 2.83. The van der Waals surface area contributed by atoms with E-state index in [1.807, 2.05) is 0 Å². The minimum Gasteiger partial charge on any atom is -0.0786 e. The summed E-state index contributed by atoms with van der Waals surface area (Å²) < 4.78 is 0.581. The zero-order valence-electron chi connectivity index (χ0n) is 11.8. The molecule has 2 rings (SSSR count). The van der Waals surface area contributed by atoms with Gasteiger partial charge in [0.25, 0.3) is 0 Å². The first-order chi connectivity index (χ1) is 8.00. The predicted molar refractivity (Wildman–Crippen MR) is 84.7 cm³/mol. The molecule has 2 fully saturated rings. The molecular weight excluding hydrogens is 319 g/mol. The summed E-state index contributed by atoms with van der Waals surface area (Å²) in [4.78, 5) is 0. The van der Waals surface area contributed by atoms with Crippen LogP contribution in [0.4, 0.5) is 0 Å². The third-order valence-corrected chi connectivity index (χ3v) is 7.39. The van der Waals surface area contributed by atoms with Crippen molar-refractivity contribution in [2.75, 3.05) is 0 Å². The van der Waals surface area contributed by atoms with Gasteiger partial charge in [0.05, 0.1) is 0 Å². The van der Waals surface area contributed by atoms with Gasteiger partial charge in [-0.1, -0.05) is 69.0 Å². The van der Waals surface area contributed by atoms with Gasteiger partial charge in [0.15, 0.2) is 0 Å². The molecule has 0 spiro atoms. The zero-order chi connectivity index (χ0) is 12.5. The van der Waals surface area contributed by atoms with Crippen LogP contribution in [0.25, 0.3) is 0 Å². The van der Waals surface area contributed by atoms with Crippen molar-refractivity contribution in [2.45, 2.75) is 75.6 Å². The van der Waals surface area contributed by atoms with Crippen LogP contribution in [0, 0.1) is 23.7 Å². The van der Waals surface area contributed by atoms with Crippen LogP contribution in [0.1, 0.15) is 72.1 Å². The Balaban J connectivity index is 1.93. The van der Waals surface area contributed by atoms with E-state index in [2.05, 4.69) is 43.4 Å².